The van der Waals surface area contributed by atoms with Crippen molar-refractivity contribution in [2.75, 3.05) is 0 Å². The number of hydrogen-bond donors (Lipinski definition) is 0. The van der Waals surface area contributed by atoms with Crippen molar-refractivity contribution in [3.63, 3.8) is 0 Å². The molecule has 100 valence electrons. The maximum Gasteiger partial charge on any atom is -0.0185 e. The SMILES string of the molecule is CC(CC(C)(C)C1CCCCC1)c1ccccc1. The van der Waals surface area contributed by atoms with Gasteiger partial charge in [-0.2, -0.15) is 0 Å². The molecule has 0 N–H and O–H groups in total. The lowest BCUT2D eigenvalue weighted by molar-refractivity contribution is 0.138. The fraction of sp³-hybridized carbons (Fsp3) is 0.667. The molecule has 0 radical (unpaired) electrons. The third kappa shape index (κ3) is 3.37. The first-order chi connectivity index (χ1) is 8.59. The van der Waals surface area contributed by atoms with Crippen molar-refractivity contribution in [3.8, 4) is 0 Å². The third-order valence-corrected chi connectivity index (χ3v) is 4.91. The summed E-state index contributed by atoms with van der Waals surface area (Å²) in [5.74, 6) is 1.63. The monoisotopic (exact) mass is 244 g/mol. The Kier molecular flexibility index (Phi) is 4.48. The molecule has 1 aromatic carbocycles. The van der Waals surface area contributed by atoms with E-state index in [0.717, 1.165) is 5.92 Å². The average molecular weight is 244 g/mol. The van der Waals surface area contributed by atoms with Crippen molar-refractivity contribution in [2.45, 2.75) is 65.2 Å². The second kappa shape index (κ2) is 5.91. The maximum atomic E-state index is 2.49. The van der Waals surface area contributed by atoms with Gasteiger partial charge in [-0.15, -0.1) is 0 Å². The second-order valence-corrected chi connectivity index (χ2v) is 6.84. The minimum atomic E-state index is 0.496. The Bertz CT molecular complexity index is 344. The summed E-state index contributed by atoms with van der Waals surface area (Å²) in [6.45, 7) is 7.37. The van der Waals surface area contributed by atoms with Crippen LogP contribution in [0.5, 0.6) is 0 Å². The molecule has 0 spiro atoms. The van der Waals surface area contributed by atoms with Crippen LogP contribution in [0.15, 0.2) is 30.3 Å². The zero-order valence-corrected chi connectivity index (χ0v) is 12.3. The fourth-order valence-corrected chi connectivity index (χ4v) is 3.74. The van der Waals surface area contributed by atoms with Gasteiger partial charge in [-0.05, 0) is 42.1 Å². The molecule has 0 heterocycles. The van der Waals surface area contributed by atoms with Gasteiger partial charge in [0.1, 0.15) is 0 Å². The zero-order valence-electron chi connectivity index (χ0n) is 12.3. The van der Waals surface area contributed by atoms with E-state index < -0.39 is 0 Å². The summed E-state index contributed by atoms with van der Waals surface area (Å²) in [4.78, 5) is 0. The first kappa shape index (κ1) is 13.6. The first-order valence-electron chi connectivity index (χ1n) is 7.64. The van der Waals surface area contributed by atoms with Crippen LogP contribution in [-0.4, -0.2) is 0 Å². The van der Waals surface area contributed by atoms with Crippen LogP contribution < -0.4 is 0 Å². The Morgan fingerprint density at radius 2 is 1.67 bits per heavy atom. The predicted octanol–water partition coefficient (Wildman–Crippen LogP) is 5.79. The van der Waals surface area contributed by atoms with E-state index in [1.165, 1.54) is 44.1 Å². The van der Waals surface area contributed by atoms with Crippen LogP contribution in [-0.2, 0) is 0 Å². The van der Waals surface area contributed by atoms with E-state index in [1.807, 2.05) is 0 Å². The Morgan fingerprint density at radius 3 is 2.28 bits per heavy atom. The molecule has 1 saturated carbocycles. The van der Waals surface area contributed by atoms with Gasteiger partial charge in [-0.3, -0.25) is 0 Å². The molecular weight excluding hydrogens is 216 g/mol. The molecule has 1 aromatic rings. The van der Waals surface area contributed by atoms with Crippen molar-refractivity contribution in [2.24, 2.45) is 11.3 Å². The van der Waals surface area contributed by atoms with Crippen molar-refractivity contribution in [3.05, 3.63) is 35.9 Å². The van der Waals surface area contributed by atoms with Crippen LogP contribution in [0.4, 0.5) is 0 Å². The molecule has 1 aliphatic carbocycles. The van der Waals surface area contributed by atoms with Crippen molar-refractivity contribution in [1.29, 1.82) is 0 Å². The summed E-state index contributed by atoms with van der Waals surface area (Å²) in [7, 11) is 0. The smallest absolute Gasteiger partial charge is 0.0185 e. The van der Waals surface area contributed by atoms with Crippen LogP contribution in [0.3, 0.4) is 0 Å². The molecule has 0 heteroatoms. The van der Waals surface area contributed by atoms with E-state index >= 15 is 0 Å². The molecule has 1 fully saturated rings. The molecular formula is C18H28. The quantitative estimate of drug-likeness (QED) is 0.629. The summed E-state index contributed by atoms with van der Waals surface area (Å²) in [5.41, 5.74) is 2.00. The maximum absolute atomic E-state index is 2.49. The molecule has 1 unspecified atom stereocenters. The number of hydrogen-bond acceptors (Lipinski definition) is 0. The van der Waals surface area contributed by atoms with Crippen LogP contribution in [0, 0.1) is 11.3 Å². The third-order valence-electron chi connectivity index (χ3n) is 4.91. The van der Waals surface area contributed by atoms with Gasteiger partial charge in [0.2, 0.25) is 0 Å². The van der Waals surface area contributed by atoms with E-state index in [0.29, 0.717) is 11.3 Å². The van der Waals surface area contributed by atoms with Crippen molar-refractivity contribution >= 4 is 0 Å². The molecule has 0 bridgehead atoms. The lowest BCUT2D eigenvalue weighted by Crippen LogP contribution is -2.27. The van der Waals surface area contributed by atoms with Gasteiger partial charge >= 0.3 is 0 Å². The Balaban J connectivity index is 1.98. The lowest BCUT2D eigenvalue weighted by atomic mass is 9.67. The Labute approximate surface area is 113 Å². The Morgan fingerprint density at radius 1 is 1.06 bits per heavy atom. The van der Waals surface area contributed by atoms with Gasteiger partial charge in [0.25, 0.3) is 0 Å². The van der Waals surface area contributed by atoms with Gasteiger partial charge in [0.05, 0.1) is 0 Å². The molecule has 0 saturated heterocycles. The molecule has 1 aliphatic rings. The number of benzene rings is 1. The van der Waals surface area contributed by atoms with Gasteiger partial charge in [0, 0.05) is 0 Å². The standard InChI is InChI=1S/C18H28/c1-15(16-10-6-4-7-11-16)14-18(2,3)17-12-8-5-9-13-17/h4,6-7,10-11,15,17H,5,8-9,12-14H2,1-3H3. The zero-order chi connectivity index (χ0) is 13.0. The fourth-order valence-electron chi connectivity index (χ4n) is 3.74. The molecule has 1 atom stereocenters. The van der Waals surface area contributed by atoms with E-state index in [9.17, 15) is 0 Å². The van der Waals surface area contributed by atoms with Crippen LogP contribution in [0.2, 0.25) is 0 Å². The molecule has 0 aromatic heterocycles. The van der Waals surface area contributed by atoms with Gasteiger partial charge < -0.3 is 0 Å². The average Bonchev–Trinajstić information content (AvgIpc) is 2.40. The van der Waals surface area contributed by atoms with Crippen LogP contribution in [0.1, 0.15) is 70.8 Å². The van der Waals surface area contributed by atoms with E-state index in [4.69, 9.17) is 0 Å². The molecule has 18 heavy (non-hydrogen) atoms. The minimum absolute atomic E-state index is 0.496. The van der Waals surface area contributed by atoms with Crippen LogP contribution >= 0.6 is 0 Å². The first-order valence-corrected chi connectivity index (χ1v) is 7.64. The van der Waals surface area contributed by atoms with Crippen molar-refractivity contribution < 1.29 is 0 Å². The highest BCUT2D eigenvalue weighted by Gasteiger charge is 2.31. The van der Waals surface area contributed by atoms with E-state index in [1.54, 1.807) is 0 Å². The highest BCUT2D eigenvalue weighted by Crippen LogP contribution is 2.43. The highest BCUT2D eigenvalue weighted by atomic mass is 14.4. The summed E-state index contributed by atoms with van der Waals surface area (Å²) in [5, 5.41) is 0. The molecule has 2 rings (SSSR count). The highest BCUT2D eigenvalue weighted by molar-refractivity contribution is 5.19. The van der Waals surface area contributed by atoms with Gasteiger partial charge in [0.15, 0.2) is 0 Å². The van der Waals surface area contributed by atoms with Crippen LogP contribution in [0.25, 0.3) is 0 Å². The predicted molar refractivity (Wildman–Crippen MR) is 79.8 cm³/mol. The summed E-state index contributed by atoms with van der Waals surface area (Å²) in [6.07, 6.45) is 8.59. The molecule has 0 nitrogen and oxygen atoms in total. The summed E-state index contributed by atoms with van der Waals surface area (Å²) < 4.78 is 0. The second-order valence-electron chi connectivity index (χ2n) is 6.84. The van der Waals surface area contributed by atoms with Crippen molar-refractivity contribution in [1.82, 2.24) is 0 Å². The van der Waals surface area contributed by atoms with E-state index in [-0.39, 0.29) is 0 Å². The molecule has 0 aliphatic heterocycles. The summed E-state index contributed by atoms with van der Waals surface area (Å²) >= 11 is 0. The lowest BCUT2D eigenvalue weighted by Gasteiger charge is -2.39. The Hall–Kier alpha value is -0.780. The number of rotatable bonds is 4. The topological polar surface area (TPSA) is 0 Å². The largest absolute Gasteiger partial charge is 0.0622 e. The summed E-state index contributed by atoms with van der Waals surface area (Å²) in [6, 6.07) is 11.0. The minimum Gasteiger partial charge on any atom is -0.0622 e. The van der Waals surface area contributed by atoms with Gasteiger partial charge in [-0.1, -0.05) is 70.4 Å². The normalized spacial score (nSPS) is 19.7. The van der Waals surface area contributed by atoms with Gasteiger partial charge in [-0.25, -0.2) is 0 Å². The van der Waals surface area contributed by atoms with E-state index in [2.05, 4.69) is 51.1 Å². The molecule has 0 amide bonds.